The van der Waals surface area contributed by atoms with E-state index in [0.29, 0.717) is 12.2 Å². The van der Waals surface area contributed by atoms with Gasteiger partial charge < -0.3 is 4.74 Å². The first-order chi connectivity index (χ1) is 7.24. The first kappa shape index (κ1) is 11.7. The second-order valence-electron chi connectivity index (χ2n) is 3.35. The molecule has 1 aromatic rings. The van der Waals surface area contributed by atoms with Crippen molar-refractivity contribution >= 4 is 5.97 Å². The Labute approximate surface area is 89.1 Å². The number of unbranched alkanes of at least 4 members (excludes halogenated alkanes) is 2. The van der Waals surface area contributed by atoms with Gasteiger partial charge in [0.2, 0.25) is 0 Å². The van der Waals surface area contributed by atoms with Crippen LogP contribution in [0.5, 0.6) is 0 Å². The second kappa shape index (κ2) is 6.17. The maximum absolute atomic E-state index is 12.6. The third kappa shape index (κ3) is 4.11. The Kier molecular flexibility index (Phi) is 4.81. The van der Waals surface area contributed by atoms with Crippen LogP contribution in [0.25, 0.3) is 0 Å². The summed E-state index contributed by atoms with van der Waals surface area (Å²) in [6.07, 6.45) is 3.02. The fraction of sp³-hybridized carbons (Fsp3) is 0.417. The maximum atomic E-state index is 12.6. The zero-order valence-corrected chi connectivity index (χ0v) is 8.83. The zero-order valence-electron chi connectivity index (χ0n) is 8.83. The van der Waals surface area contributed by atoms with Gasteiger partial charge in [-0.2, -0.15) is 0 Å². The van der Waals surface area contributed by atoms with Gasteiger partial charge in [-0.3, -0.25) is 0 Å². The van der Waals surface area contributed by atoms with Gasteiger partial charge in [0, 0.05) is 0 Å². The Bertz CT molecular complexity index is 306. The average Bonchev–Trinajstić information content (AvgIpc) is 2.25. The van der Waals surface area contributed by atoms with Crippen molar-refractivity contribution < 1.29 is 13.9 Å². The molecule has 0 aliphatic rings. The Balaban J connectivity index is 2.37. The molecule has 0 bridgehead atoms. The summed E-state index contributed by atoms with van der Waals surface area (Å²) in [5.41, 5.74) is 0.396. The highest BCUT2D eigenvalue weighted by Gasteiger charge is 2.05. The maximum Gasteiger partial charge on any atom is 0.338 e. The number of carbonyl (C=O) groups is 1. The van der Waals surface area contributed by atoms with Gasteiger partial charge in [0.1, 0.15) is 5.82 Å². The van der Waals surface area contributed by atoms with Crippen molar-refractivity contribution in [1.82, 2.24) is 0 Å². The van der Waals surface area contributed by atoms with Crippen LogP contribution in [0.15, 0.2) is 24.3 Å². The molecule has 1 rings (SSSR count). The van der Waals surface area contributed by atoms with E-state index in [9.17, 15) is 9.18 Å². The van der Waals surface area contributed by atoms with Crippen molar-refractivity contribution in [3.8, 4) is 0 Å². The van der Waals surface area contributed by atoms with E-state index in [-0.39, 0.29) is 11.8 Å². The van der Waals surface area contributed by atoms with Crippen LogP contribution in [0.3, 0.4) is 0 Å². The molecule has 0 unspecified atom stereocenters. The van der Waals surface area contributed by atoms with Crippen molar-refractivity contribution in [3.05, 3.63) is 35.6 Å². The number of hydrogen-bond acceptors (Lipinski definition) is 2. The van der Waals surface area contributed by atoms with Gasteiger partial charge in [-0.05, 0) is 30.7 Å². The minimum atomic E-state index is -0.383. The molecule has 0 spiro atoms. The van der Waals surface area contributed by atoms with Gasteiger partial charge >= 0.3 is 5.97 Å². The lowest BCUT2D eigenvalue weighted by Gasteiger charge is -2.03. The summed E-state index contributed by atoms with van der Waals surface area (Å²) in [6.45, 7) is 2.52. The summed E-state index contributed by atoms with van der Waals surface area (Å²) >= 11 is 0. The fourth-order valence-corrected chi connectivity index (χ4v) is 1.19. The molecule has 0 saturated carbocycles. The van der Waals surface area contributed by atoms with Gasteiger partial charge in [-0.1, -0.05) is 19.8 Å². The molecule has 0 radical (unpaired) electrons. The van der Waals surface area contributed by atoms with Crippen LogP contribution >= 0.6 is 0 Å². The number of rotatable bonds is 5. The fourth-order valence-electron chi connectivity index (χ4n) is 1.19. The predicted molar refractivity (Wildman–Crippen MR) is 56.2 cm³/mol. The number of benzene rings is 1. The highest BCUT2D eigenvalue weighted by molar-refractivity contribution is 5.89. The molecule has 0 amide bonds. The van der Waals surface area contributed by atoms with Crippen LogP contribution in [0.4, 0.5) is 4.39 Å². The van der Waals surface area contributed by atoms with E-state index in [4.69, 9.17) is 4.74 Å². The van der Waals surface area contributed by atoms with Gasteiger partial charge in [-0.15, -0.1) is 0 Å². The van der Waals surface area contributed by atoms with Gasteiger partial charge in [0.05, 0.1) is 12.2 Å². The molecule has 0 saturated heterocycles. The summed E-state index contributed by atoms with van der Waals surface area (Å²) in [6, 6.07) is 5.36. The molecule has 1 aromatic carbocycles. The molecule has 0 atom stereocenters. The Morgan fingerprint density at radius 2 is 1.93 bits per heavy atom. The third-order valence-corrected chi connectivity index (χ3v) is 2.06. The van der Waals surface area contributed by atoms with Crippen molar-refractivity contribution in [3.63, 3.8) is 0 Å². The molecular formula is C12H15FO2. The number of halogens is 1. The van der Waals surface area contributed by atoms with E-state index in [1.165, 1.54) is 24.3 Å². The first-order valence-electron chi connectivity index (χ1n) is 5.16. The van der Waals surface area contributed by atoms with Gasteiger partial charge in [-0.25, -0.2) is 9.18 Å². The average molecular weight is 210 g/mol. The largest absolute Gasteiger partial charge is 0.462 e. The van der Waals surface area contributed by atoms with Crippen molar-refractivity contribution in [2.45, 2.75) is 26.2 Å². The van der Waals surface area contributed by atoms with E-state index in [0.717, 1.165) is 19.3 Å². The number of esters is 1. The van der Waals surface area contributed by atoms with Crippen LogP contribution in [-0.4, -0.2) is 12.6 Å². The van der Waals surface area contributed by atoms with Gasteiger partial charge in [0.15, 0.2) is 0 Å². The van der Waals surface area contributed by atoms with E-state index < -0.39 is 0 Å². The Morgan fingerprint density at radius 1 is 1.27 bits per heavy atom. The van der Waals surface area contributed by atoms with Crippen LogP contribution in [-0.2, 0) is 4.74 Å². The van der Waals surface area contributed by atoms with E-state index in [1.54, 1.807) is 0 Å². The standard InChI is InChI=1S/C12H15FO2/c1-2-3-4-9-15-12(14)10-5-7-11(13)8-6-10/h5-8H,2-4,9H2,1H3. The van der Waals surface area contributed by atoms with E-state index in [1.807, 2.05) is 0 Å². The summed E-state index contributed by atoms with van der Waals surface area (Å²) in [5.74, 6) is -0.733. The molecule has 0 aliphatic heterocycles. The number of hydrogen-bond donors (Lipinski definition) is 0. The van der Waals surface area contributed by atoms with Crippen LogP contribution in [0, 0.1) is 5.82 Å². The van der Waals surface area contributed by atoms with Crippen molar-refractivity contribution in [2.75, 3.05) is 6.61 Å². The molecule has 0 aromatic heterocycles. The lowest BCUT2D eigenvalue weighted by molar-refractivity contribution is 0.0498. The zero-order chi connectivity index (χ0) is 11.1. The quantitative estimate of drug-likeness (QED) is 0.551. The Morgan fingerprint density at radius 3 is 2.53 bits per heavy atom. The SMILES string of the molecule is CCCCCOC(=O)c1ccc(F)cc1. The summed E-state index contributed by atoms with van der Waals surface area (Å²) < 4.78 is 17.6. The molecule has 0 heterocycles. The minimum absolute atomic E-state index is 0.350. The molecule has 3 heteroatoms. The smallest absolute Gasteiger partial charge is 0.338 e. The lowest BCUT2D eigenvalue weighted by Crippen LogP contribution is -2.06. The molecule has 0 N–H and O–H groups in total. The monoisotopic (exact) mass is 210 g/mol. The van der Waals surface area contributed by atoms with E-state index >= 15 is 0 Å². The molecule has 0 fully saturated rings. The third-order valence-electron chi connectivity index (χ3n) is 2.06. The predicted octanol–water partition coefficient (Wildman–Crippen LogP) is 3.17. The summed E-state index contributed by atoms with van der Waals surface area (Å²) in [7, 11) is 0. The number of ether oxygens (including phenoxy) is 1. The normalized spacial score (nSPS) is 10.0. The minimum Gasteiger partial charge on any atom is -0.462 e. The molecule has 82 valence electrons. The van der Waals surface area contributed by atoms with Crippen LogP contribution in [0.1, 0.15) is 36.5 Å². The van der Waals surface area contributed by atoms with Crippen molar-refractivity contribution in [1.29, 1.82) is 0 Å². The number of carbonyl (C=O) groups excluding carboxylic acids is 1. The van der Waals surface area contributed by atoms with Gasteiger partial charge in [0.25, 0.3) is 0 Å². The highest BCUT2D eigenvalue weighted by Crippen LogP contribution is 2.05. The summed E-state index contributed by atoms with van der Waals surface area (Å²) in [4.78, 5) is 11.4. The second-order valence-corrected chi connectivity index (χ2v) is 3.35. The molecule has 2 nitrogen and oxygen atoms in total. The topological polar surface area (TPSA) is 26.3 Å². The summed E-state index contributed by atoms with van der Waals surface area (Å²) in [5, 5.41) is 0. The van der Waals surface area contributed by atoms with Crippen molar-refractivity contribution in [2.24, 2.45) is 0 Å². The van der Waals surface area contributed by atoms with E-state index in [2.05, 4.69) is 6.92 Å². The molecule has 0 aliphatic carbocycles. The lowest BCUT2D eigenvalue weighted by atomic mass is 10.2. The first-order valence-corrected chi connectivity index (χ1v) is 5.16. The molecule has 15 heavy (non-hydrogen) atoms. The Hall–Kier alpha value is -1.38. The molecular weight excluding hydrogens is 195 g/mol. The highest BCUT2D eigenvalue weighted by atomic mass is 19.1. The van der Waals surface area contributed by atoms with Crippen LogP contribution < -0.4 is 0 Å². The van der Waals surface area contributed by atoms with Crippen LogP contribution in [0.2, 0.25) is 0 Å².